The van der Waals surface area contributed by atoms with Crippen molar-refractivity contribution >= 4 is 60.2 Å². The Labute approximate surface area is 91.4 Å². The van der Waals surface area contributed by atoms with Gasteiger partial charge in [0.25, 0.3) is 0 Å². The van der Waals surface area contributed by atoms with Crippen molar-refractivity contribution < 1.29 is 4.21 Å². The van der Waals surface area contributed by atoms with Gasteiger partial charge in [-0.1, -0.05) is 32.8 Å². The van der Waals surface area contributed by atoms with E-state index in [1.807, 2.05) is 0 Å². The Morgan fingerprint density at radius 3 is 1.83 bits per heavy atom. The Balaban J connectivity index is 0.000000354. The SMILES string of the molecule is N=[SH-]=O.c1ccsssssc1. The van der Waals surface area contributed by atoms with Gasteiger partial charge in [-0.2, -0.15) is 0 Å². The average Bonchev–Trinajstić information content (AvgIpc) is 2.19. The largest absolute Gasteiger partial charge is 0.448 e. The summed E-state index contributed by atoms with van der Waals surface area (Å²) in [7, 11) is 8.89. The van der Waals surface area contributed by atoms with Crippen molar-refractivity contribution in [3.05, 3.63) is 22.9 Å². The van der Waals surface area contributed by atoms with Crippen LogP contribution >= 0.6 is 48.7 Å². The number of hydrogen-bond acceptors (Lipinski definition) is 8. The number of hydrogen-bond donors (Lipinski definition) is 1. The van der Waals surface area contributed by atoms with Gasteiger partial charge in [-0.05, 0) is 28.0 Å². The van der Waals surface area contributed by atoms with Crippen LogP contribution < -0.4 is 0 Å². The molecule has 0 atom stereocenters. The first-order chi connectivity index (χ1) is 5.91. The van der Waals surface area contributed by atoms with Crippen LogP contribution in [-0.2, 0) is 15.7 Å². The molecule has 0 aliphatic rings. The Bertz CT molecular complexity index is 205. The zero-order valence-corrected chi connectivity index (χ0v) is 10.7. The zero-order valence-electron chi connectivity index (χ0n) is 5.71. The summed E-state index contributed by atoms with van der Waals surface area (Å²) in [6.07, 6.45) is 0. The first-order valence-corrected chi connectivity index (χ1v) is 9.63. The summed E-state index contributed by atoms with van der Waals surface area (Å²) in [5.41, 5.74) is 0. The van der Waals surface area contributed by atoms with E-state index in [-0.39, 0.29) is 0 Å². The maximum absolute atomic E-state index is 8.57. The number of thiol groups is 1. The lowest BCUT2D eigenvalue weighted by atomic mass is 10.7. The van der Waals surface area contributed by atoms with E-state index in [9.17, 15) is 0 Å². The van der Waals surface area contributed by atoms with Crippen molar-refractivity contribution in [2.24, 2.45) is 0 Å². The highest BCUT2D eigenvalue weighted by Crippen LogP contribution is 2.15. The maximum atomic E-state index is 8.57. The van der Waals surface area contributed by atoms with E-state index < -0.39 is 11.5 Å². The highest BCUT2D eigenvalue weighted by atomic mass is 33.5. The molecule has 0 bridgehead atoms. The van der Waals surface area contributed by atoms with E-state index in [1.54, 1.807) is 48.7 Å². The first-order valence-electron chi connectivity index (χ1n) is 2.54. The van der Waals surface area contributed by atoms with E-state index in [2.05, 4.69) is 22.9 Å². The van der Waals surface area contributed by atoms with Crippen molar-refractivity contribution in [1.82, 2.24) is 0 Å². The molecule has 0 unspecified atom stereocenters. The Kier molecular flexibility index (Phi) is 12.0. The van der Waals surface area contributed by atoms with E-state index in [4.69, 9.17) is 8.99 Å². The summed E-state index contributed by atoms with van der Waals surface area (Å²) >= 11 is -0.583. The highest BCUT2D eigenvalue weighted by molar-refractivity contribution is 8.13. The lowest BCUT2D eigenvalue weighted by molar-refractivity contribution is 0.608. The summed E-state index contributed by atoms with van der Waals surface area (Å²) in [5, 5.41) is 4.17. The summed E-state index contributed by atoms with van der Waals surface area (Å²) in [6.45, 7) is 0. The van der Waals surface area contributed by atoms with Gasteiger partial charge in [-0.15, -0.1) is 0 Å². The maximum Gasteiger partial charge on any atom is 0.00220 e. The molecule has 0 amide bonds. The van der Waals surface area contributed by atoms with Gasteiger partial charge in [0, 0.05) is 10.8 Å². The van der Waals surface area contributed by atoms with Crippen LogP contribution in [0.1, 0.15) is 0 Å². The molecule has 1 heterocycles. The van der Waals surface area contributed by atoms with Crippen molar-refractivity contribution in [2.45, 2.75) is 0 Å². The van der Waals surface area contributed by atoms with E-state index in [0.717, 1.165) is 0 Å². The van der Waals surface area contributed by atoms with Gasteiger partial charge in [0.2, 0.25) is 0 Å². The molecule has 2 nitrogen and oxygen atoms in total. The summed E-state index contributed by atoms with van der Waals surface area (Å²) in [5.74, 6) is 0. The van der Waals surface area contributed by atoms with E-state index in [0.29, 0.717) is 0 Å². The molecule has 0 aliphatic carbocycles. The van der Waals surface area contributed by atoms with Crippen LogP contribution in [0.5, 0.6) is 0 Å². The van der Waals surface area contributed by atoms with Crippen molar-refractivity contribution in [1.29, 1.82) is 4.78 Å². The predicted molar refractivity (Wildman–Crippen MR) is 63.2 cm³/mol. The highest BCUT2D eigenvalue weighted by Gasteiger charge is 1.61. The van der Waals surface area contributed by atoms with Gasteiger partial charge < -0.3 is 8.99 Å². The topological polar surface area (TPSA) is 40.9 Å². The molecule has 0 saturated heterocycles. The fraction of sp³-hybridized carbons (Fsp3) is 0. The van der Waals surface area contributed by atoms with Crippen molar-refractivity contribution in [3.63, 3.8) is 0 Å². The minimum Gasteiger partial charge on any atom is -0.448 e. The lowest BCUT2D eigenvalue weighted by Gasteiger charge is -1.57. The second-order valence-corrected chi connectivity index (χ2v) is 8.72. The van der Waals surface area contributed by atoms with E-state index >= 15 is 0 Å². The molecular weight excluding hydrogens is 270 g/mol. The Morgan fingerprint density at radius 2 is 1.42 bits per heavy atom. The minimum absolute atomic E-state index is 0.583. The predicted octanol–water partition coefficient (Wildman–Crippen LogP) is 4.15. The molecule has 1 aromatic rings. The van der Waals surface area contributed by atoms with Gasteiger partial charge in [-0.25, -0.2) is 11.5 Å². The molecule has 1 N–H and O–H groups in total. The van der Waals surface area contributed by atoms with Crippen LogP contribution in [0.3, 0.4) is 0 Å². The van der Waals surface area contributed by atoms with Crippen LogP contribution in [0, 0.1) is 4.78 Å². The van der Waals surface area contributed by atoms with Crippen LogP contribution in [0.25, 0.3) is 0 Å². The molecule has 0 aliphatic heterocycles. The number of rotatable bonds is 0. The smallest absolute Gasteiger partial charge is 0.00220 e. The second-order valence-electron chi connectivity index (χ2n) is 1.14. The molecule has 0 aromatic carbocycles. The van der Waals surface area contributed by atoms with Gasteiger partial charge in [0.05, 0.1) is 0 Å². The fourth-order valence-corrected chi connectivity index (χ4v) is 7.43. The first kappa shape index (κ1) is 12.5. The summed E-state index contributed by atoms with van der Waals surface area (Å²) in [4.78, 5) is 0. The normalized spacial score (nSPS) is 7.33. The Hall–Kier alpha value is 0.530. The van der Waals surface area contributed by atoms with Crippen molar-refractivity contribution in [3.8, 4) is 0 Å². The van der Waals surface area contributed by atoms with Crippen LogP contribution in [0.15, 0.2) is 22.9 Å². The molecule has 0 spiro atoms. The zero-order chi connectivity index (χ0) is 9.07. The van der Waals surface area contributed by atoms with Gasteiger partial charge >= 0.3 is 0 Å². The fourth-order valence-electron chi connectivity index (χ4n) is 0.244. The standard InChI is InChI=1S/C4H4S5.H2NOS/c1-2-4-6-8-9-7-5-3-1;1-3-2/h1-4H;1,3H/q;-1. The molecule has 0 fully saturated rings. The van der Waals surface area contributed by atoms with Crippen LogP contribution in [-0.4, -0.2) is 0 Å². The monoisotopic (exact) mass is 276 g/mol. The van der Waals surface area contributed by atoms with Crippen LogP contribution in [0.2, 0.25) is 0 Å². The molecule has 1 aromatic heterocycles. The third-order valence-corrected chi connectivity index (χ3v) is 8.20. The van der Waals surface area contributed by atoms with Gasteiger partial charge in [0.15, 0.2) is 0 Å². The molecule has 0 saturated carbocycles. The van der Waals surface area contributed by atoms with Gasteiger partial charge in [-0.3, -0.25) is 0 Å². The second kappa shape index (κ2) is 11.5. The van der Waals surface area contributed by atoms with Crippen LogP contribution in [0.4, 0.5) is 0 Å². The molecule has 70 valence electrons. The lowest BCUT2D eigenvalue weighted by Crippen LogP contribution is -1.30. The third kappa shape index (κ3) is 10.5. The molecule has 1 rings (SSSR count). The molecule has 8 heteroatoms. The molecular formula is C4H6NOS6-. The summed E-state index contributed by atoms with van der Waals surface area (Å²) < 4.78 is 14.2. The third-order valence-electron chi connectivity index (χ3n) is 0.513. The van der Waals surface area contributed by atoms with Crippen molar-refractivity contribution in [2.75, 3.05) is 0 Å². The quantitative estimate of drug-likeness (QED) is 0.431. The molecule has 12 heavy (non-hydrogen) atoms. The molecule has 0 radical (unpaired) electrons. The van der Waals surface area contributed by atoms with Gasteiger partial charge in [0.1, 0.15) is 0 Å². The Morgan fingerprint density at radius 1 is 1.00 bits per heavy atom. The summed E-state index contributed by atoms with van der Waals surface area (Å²) in [6, 6.07) is 4.11. The average molecular weight is 276 g/mol. The number of nitrogens with one attached hydrogen (secondary N) is 1. The minimum atomic E-state index is -0.583. The van der Waals surface area contributed by atoms with E-state index in [1.165, 1.54) is 0 Å².